The molecule has 0 bridgehead atoms. The van der Waals surface area contributed by atoms with Crippen LogP contribution in [0.15, 0.2) is 59.6 Å². The lowest BCUT2D eigenvalue weighted by Crippen LogP contribution is -2.31. The Bertz CT molecular complexity index is 1220. The molecule has 1 aliphatic heterocycles. The van der Waals surface area contributed by atoms with Crippen LogP contribution in [-0.4, -0.2) is 38.1 Å². The number of aromatic nitrogens is 2. The SMILES string of the molecule is CCOc1ccc(-c2nn(-c3ccccc3)cc2/C=C2\SC(=S)N(CC(C)C)C2=O)cc1F. The van der Waals surface area contributed by atoms with E-state index in [1.54, 1.807) is 27.8 Å². The molecule has 8 heteroatoms. The van der Waals surface area contributed by atoms with Crippen molar-refractivity contribution in [1.82, 2.24) is 14.7 Å². The fraction of sp³-hybridized carbons (Fsp3) is 0.240. The number of amides is 1. The molecule has 0 spiro atoms. The highest BCUT2D eigenvalue weighted by molar-refractivity contribution is 8.26. The minimum atomic E-state index is -0.460. The monoisotopic (exact) mass is 481 g/mol. The molecule has 0 saturated carbocycles. The highest BCUT2D eigenvalue weighted by Gasteiger charge is 2.32. The van der Waals surface area contributed by atoms with Crippen LogP contribution in [0.2, 0.25) is 0 Å². The van der Waals surface area contributed by atoms with E-state index in [1.165, 1.54) is 17.8 Å². The zero-order chi connectivity index (χ0) is 23.5. The Morgan fingerprint density at radius 2 is 1.97 bits per heavy atom. The summed E-state index contributed by atoms with van der Waals surface area (Å²) in [4.78, 5) is 15.2. The topological polar surface area (TPSA) is 47.4 Å². The van der Waals surface area contributed by atoms with Crippen molar-refractivity contribution >= 4 is 40.3 Å². The van der Waals surface area contributed by atoms with Gasteiger partial charge in [0.1, 0.15) is 10.0 Å². The predicted molar refractivity (Wildman–Crippen MR) is 135 cm³/mol. The van der Waals surface area contributed by atoms with Crippen LogP contribution < -0.4 is 4.74 Å². The zero-order valence-electron chi connectivity index (χ0n) is 18.6. The van der Waals surface area contributed by atoms with Crippen LogP contribution in [0.3, 0.4) is 0 Å². The van der Waals surface area contributed by atoms with E-state index in [0.717, 1.165) is 5.69 Å². The number of para-hydroxylation sites is 1. The summed E-state index contributed by atoms with van der Waals surface area (Å²) in [7, 11) is 0. The number of hydrogen-bond donors (Lipinski definition) is 0. The van der Waals surface area contributed by atoms with Gasteiger partial charge >= 0.3 is 0 Å². The number of rotatable bonds is 7. The Kier molecular flexibility index (Phi) is 6.95. The second-order valence-electron chi connectivity index (χ2n) is 7.98. The van der Waals surface area contributed by atoms with Crippen molar-refractivity contribution < 1.29 is 13.9 Å². The number of hydrogen-bond acceptors (Lipinski definition) is 5. The van der Waals surface area contributed by atoms with Gasteiger partial charge in [0.25, 0.3) is 5.91 Å². The molecule has 33 heavy (non-hydrogen) atoms. The van der Waals surface area contributed by atoms with E-state index in [-0.39, 0.29) is 11.7 Å². The molecule has 0 unspecified atom stereocenters. The maximum absolute atomic E-state index is 14.6. The highest BCUT2D eigenvalue weighted by Crippen LogP contribution is 2.36. The Morgan fingerprint density at radius 3 is 2.64 bits per heavy atom. The third kappa shape index (κ3) is 5.02. The van der Waals surface area contributed by atoms with Gasteiger partial charge in [-0.25, -0.2) is 9.07 Å². The molecule has 1 saturated heterocycles. The number of carbonyl (C=O) groups excluding carboxylic acids is 1. The number of carbonyl (C=O) groups is 1. The summed E-state index contributed by atoms with van der Waals surface area (Å²) in [5, 5.41) is 4.72. The number of thiocarbonyl (C=S) groups is 1. The van der Waals surface area contributed by atoms with E-state index in [0.29, 0.717) is 45.1 Å². The predicted octanol–water partition coefficient (Wildman–Crippen LogP) is 5.93. The van der Waals surface area contributed by atoms with Crippen LogP contribution in [0.5, 0.6) is 5.75 Å². The van der Waals surface area contributed by atoms with Crippen molar-refractivity contribution in [3.63, 3.8) is 0 Å². The third-order valence-corrected chi connectivity index (χ3v) is 6.35. The standard InChI is InChI=1S/C25H24FN3O2S2/c1-4-31-21-11-10-17(12-20(21)26)23-18(15-29(27-23)19-8-6-5-7-9-19)13-22-24(30)28(14-16(2)3)25(32)33-22/h5-13,15-16H,4,14H2,1-3H3/b22-13-. The fourth-order valence-corrected chi connectivity index (χ4v) is 4.78. The smallest absolute Gasteiger partial charge is 0.266 e. The fourth-order valence-electron chi connectivity index (χ4n) is 3.51. The Hall–Kier alpha value is -2.97. The first kappa shape index (κ1) is 23.2. The first-order valence-electron chi connectivity index (χ1n) is 10.7. The van der Waals surface area contributed by atoms with Crippen molar-refractivity contribution in [1.29, 1.82) is 0 Å². The molecule has 170 valence electrons. The first-order valence-corrected chi connectivity index (χ1v) is 11.9. The van der Waals surface area contributed by atoms with Gasteiger partial charge in [-0.2, -0.15) is 5.10 Å². The van der Waals surface area contributed by atoms with Crippen molar-refractivity contribution in [3.05, 3.63) is 71.0 Å². The van der Waals surface area contributed by atoms with Crippen LogP contribution >= 0.6 is 24.0 Å². The van der Waals surface area contributed by atoms with Gasteiger partial charge in [0.2, 0.25) is 0 Å². The van der Waals surface area contributed by atoms with E-state index in [1.807, 2.05) is 57.3 Å². The van der Waals surface area contributed by atoms with Crippen LogP contribution in [0.4, 0.5) is 4.39 Å². The number of nitrogens with zero attached hydrogens (tertiary/aromatic N) is 3. The maximum atomic E-state index is 14.6. The molecule has 0 atom stereocenters. The highest BCUT2D eigenvalue weighted by atomic mass is 32.2. The van der Waals surface area contributed by atoms with E-state index < -0.39 is 5.82 Å². The van der Waals surface area contributed by atoms with Crippen molar-refractivity contribution in [2.45, 2.75) is 20.8 Å². The Balaban J connectivity index is 1.78. The molecule has 3 aromatic rings. The molecule has 1 aromatic heterocycles. The van der Waals surface area contributed by atoms with E-state index in [9.17, 15) is 9.18 Å². The zero-order valence-corrected chi connectivity index (χ0v) is 20.3. The number of halogens is 1. The quantitative estimate of drug-likeness (QED) is 0.309. The molecule has 1 fully saturated rings. The van der Waals surface area contributed by atoms with Crippen molar-refractivity contribution in [3.8, 4) is 22.7 Å². The van der Waals surface area contributed by atoms with Crippen LogP contribution in [0, 0.1) is 11.7 Å². The lowest BCUT2D eigenvalue weighted by atomic mass is 10.1. The van der Waals surface area contributed by atoms with E-state index in [4.69, 9.17) is 22.1 Å². The van der Waals surface area contributed by atoms with E-state index >= 15 is 0 Å². The lowest BCUT2D eigenvalue weighted by Gasteiger charge is -2.16. The van der Waals surface area contributed by atoms with Crippen molar-refractivity contribution in [2.75, 3.05) is 13.2 Å². The van der Waals surface area contributed by atoms with E-state index in [2.05, 4.69) is 0 Å². The van der Waals surface area contributed by atoms with Gasteiger partial charge in [0.15, 0.2) is 11.6 Å². The average Bonchev–Trinajstić information content (AvgIpc) is 3.32. The van der Waals surface area contributed by atoms with Gasteiger partial charge in [0.05, 0.1) is 17.2 Å². The largest absolute Gasteiger partial charge is 0.491 e. The molecule has 5 nitrogen and oxygen atoms in total. The van der Waals surface area contributed by atoms with Gasteiger partial charge in [-0.05, 0) is 49.2 Å². The summed E-state index contributed by atoms with van der Waals surface area (Å²) in [6.07, 6.45) is 3.63. The Labute approximate surface area is 202 Å². The summed E-state index contributed by atoms with van der Waals surface area (Å²) < 4.78 is 22.2. The van der Waals surface area contributed by atoms with Gasteiger partial charge < -0.3 is 4.74 Å². The van der Waals surface area contributed by atoms with Gasteiger partial charge in [-0.15, -0.1) is 0 Å². The van der Waals surface area contributed by atoms with Gasteiger partial charge in [-0.1, -0.05) is 56.0 Å². The summed E-state index contributed by atoms with van der Waals surface area (Å²) in [5.74, 6) is -0.0808. The number of ether oxygens (including phenoxy) is 1. The van der Waals surface area contributed by atoms with Crippen LogP contribution in [0.25, 0.3) is 23.0 Å². The normalized spacial score (nSPS) is 15.2. The van der Waals surface area contributed by atoms with Crippen molar-refractivity contribution in [2.24, 2.45) is 5.92 Å². The van der Waals surface area contributed by atoms with Crippen LogP contribution in [-0.2, 0) is 4.79 Å². The summed E-state index contributed by atoms with van der Waals surface area (Å²) in [6, 6.07) is 14.4. The molecule has 4 rings (SSSR count). The summed E-state index contributed by atoms with van der Waals surface area (Å²) >= 11 is 6.71. The summed E-state index contributed by atoms with van der Waals surface area (Å²) in [5.41, 5.74) is 2.72. The molecule has 1 aliphatic rings. The third-order valence-electron chi connectivity index (χ3n) is 4.98. The van der Waals surface area contributed by atoms with Gasteiger partial charge in [-0.3, -0.25) is 9.69 Å². The molecule has 0 N–H and O–H groups in total. The Morgan fingerprint density at radius 1 is 1.21 bits per heavy atom. The molecule has 0 radical (unpaired) electrons. The lowest BCUT2D eigenvalue weighted by molar-refractivity contribution is -0.122. The molecular formula is C25H24FN3O2S2. The molecule has 1 amide bonds. The first-order chi connectivity index (χ1) is 15.9. The second-order valence-corrected chi connectivity index (χ2v) is 9.65. The number of thioether (sulfide) groups is 1. The number of benzene rings is 2. The average molecular weight is 482 g/mol. The summed E-state index contributed by atoms with van der Waals surface area (Å²) in [6.45, 7) is 6.85. The molecule has 2 heterocycles. The minimum Gasteiger partial charge on any atom is -0.491 e. The maximum Gasteiger partial charge on any atom is 0.266 e. The second kappa shape index (κ2) is 9.89. The van der Waals surface area contributed by atoms with Crippen LogP contribution in [0.1, 0.15) is 26.3 Å². The molecular weight excluding hydrogens is 457 g/mol. The molecule has 2 aromatic carbocycles. The minimum absolute atomic E-state index is 0.116. The molecule has 0 aliphatic carbocycles. The van der Waals surface area contributed by atoms with Gasteiger partial charge in [0, 0.05) is 23.9 Å².